The normalized spacial score (nSPS) is 10.9. The highest BCUT2D eigenvalue weighted by molar-refractivity contribution is 5.42. The number of nitrogens with one attached hydrogen (secondary N) is 1. The average Bonchev–Trinajstić information content (AvgIpc) is 2.39. The van der Waals surface area contributed by atoms with Gasteiger partial charge in [0.25, 0.3) is 0 Å². The predicted molar refractivity (Wildman–Crippen MR) is 50.6 cm³/mol. The van der Waals surface area contributed by atoms with Gasteiger partial charge in [-0.2, -0.15) is 0 Å². The number of hydrogen-bond acceptors (Lipinski definition) is 2. The number of imidazole rings is 1. The van der Waals surface area contributed by atoms with Crippen molar-refractivity contribution in [1.82, 2.24) is 9.38 Å². The Labute approximate surface area is 75.0 Å². The van der Waals surface area contributed by atoms with E-state index in [1.54, 1.807) is 12.3 Å². The van der Waals surface area contributed by atoms with E-state index in [4.69, 9.17) is 5.73 Å². The van der Waals surface area contributed by atoms with Crippen LogP contribution < -0.4 is 11.2 Å². The minimum atomic E-state index is 0.00446. The lowest BCUT2D eigenvalue weighted by Gasteiger charge is -1.97. The highest BCUT2D eigenvalue weighted by Gasteiger charge is 2.04. The summed E-state index contributed by atoms with van der Waals surface area (Å²) in [5, 5.41) is 0. The van der Waals surface area contributed by atoms with Crippen molar-refractivity contribution in [2.75, 3.05) is 0 Å². The second kappa shape index (κ2) is 2.74. The van der Waals surface area contributed by atoms with Crippen molar-refractivity contribution in [1.29, 1.82) is 0 Å². The maximum atomic E-state index is 11.0. The molecule has 0 saturated carbocycles. The zero-order valence-corrected chi connectivity index (χ0v) is 7.37. The van der Waals surface area contributed by atoms with Crippen molar-refractivity contribution in [3.63, 3.8) is 0 Å². The van der Waals surface area contributed by atoms with Crippen molar-refractivity contribution in [2.45, 2.75) is 13.5 Å². The van der Waals surface area contributed by atoms with Crippen LogP contribution in [0.15, 0.2) is 23.1 Å². The molecule has 2 aromatic heterocycles. The molecule has 4 nitrogen and oxygen atoms in total. The fraction of sp³-hybridized carbons (Fsp3) is 0.222. The number of aromatic amines is 1. The Morgan fingerprint density at radius 1 is 1.62 bits per heavy atom. The fourth-order valence-electron chi connectivity index (χ4n) is 1.51. The molecule has 0 aliphatic rings. The Balaban J connectivity index is 2.86. The molecule has 0 amide bonds. The van der Waals surface area contributed by atoms with Gasteiger partial charge in [0.15, 0.2) is 5.43 Å². The third-order valence-electron chi connectivity index (χ3n) is 2.16. The number of nitrogens with zero attached hydrogens (tertiary/aromatic N) is 1. The first kappa shape index (κ1) is 8.07. The van der Waals surface area contributed by atoms with E-state index in [2.05, 4.69) is 4.98 Å². The number of pyridine rings is 1. The van der Waals surface area contributed by atoms with Crippen molar-refractivity contribution >= 4 is 5.65 Å². The van der Waals surface area contributed by atoms with Crippen molar-refractivity contribution < 1.29 is 0 Å². The zero-order chi connectivity index (χ0) is 9.42. The lowest BCUT2D eigenvalue weighted by molar-refractivity contribution is 0.942. The van der Waals surface area contributed by atoms with Crippen LogP contribution in [0.5, 0.6) is 0 Å². The van der Waals surface area contributed by atoms with Gasteiger partial charge in [0.05, 0.1) is 5.69 Å². The summed E-state index contributed by atoms with van der Waals surface area (Å²) in [4.78, 5) is 14.1. The lowest BCUT2D eigenvalue weighted by atomic mass is 10.3. The summed E-state index contributed by atoms with van der Waals surface area (Å²) in [6.07, 6.45) is 1.74. The van der Waals surface area contributed by atoms with E-state index in [1.165, 1.54) is 6.07 Å². The molecular formula is C9H11N3O. The smallest absolute Gasteiger partial charge is 0.183 e. The topological polar surface area (TPSA) is 63.3 Å². The molecule has 0 saturated heterocycles. The first-order chi connectivity index (χ1) is 6.22. The number of aryl methyl sites for hydroxylation is 1. The van der Waals surface area contributed by atoms with Crippen LogP contribution in [0.3, 0.4) is 0 Å². The van der Waals surface area contributed by atoms with Crippen LogP contribution in [0.4, 0.5) is 0 Å². The van der Waals surface area contributed by atoms with Crippen molar-refractivity contribution in [2.24, 2.45) is 5.73 Å². The van der Waals surface area contributed by atoms with E-state index in [0.29, 0.717) is 6.54 Å². The van der Waals surface area contributed by atoms with Gasteiger partial charge in [0, 0.05) is 30.6 Å². The summed E-state index contributed by atoms with van der Waals surface area (Å²) in [7, 11) is 0. The molecule has 0 fully saturated rings. The van der Waals surface area contributed by atoms with Crippen molar-refractivity contribution in [3.8, 4) is 0 Å². The van der Waals surface area contributed by atoms with Gasteiger partial charge in [0.2, 0.25) is 0 Å². The molecule has 0 spiro atoms. The van der Waals surface area contributed by atoms with Gasteiger partial charge in [-0.1, -0.05) is 0 Å². The summed E-state index contributed by atoms with van der Waals surface area (Å²) in [6, 6.07) is 3.09. The maximum absolute atomic E-state index is 11.0. The predicted octanol–water partition coefficient (Wildman–Crippen LogP) is 0.395. The van der Waals surface area contributed by atoms with Crippen LogP contribution in [0.25, 0.3) is 5.65 Å². The van der Waals surface area contributed by atoms with Gasteiger partial charge in [-0.05, 0) is 6.92 Å². The molecular weight excluding hydrogens is 166 g/mol. The third-order valence-corrected chi connectivity index (χ3v) is 2.16. The van der Waals surface area contributed by atoms with Crippen LogP contribution in [-0.4, -0.2) is 9.38 Å². The van der Waals surface area contributed by atoms with Crippen LogP contribution in [0, 0.1) is 6.92 Å². The van der Waals surface area contributed by atoms with E-state index in [9.17, 15) is 4.79 Å². The van der Waals surface area contributed by atoms with Crippen LogP contribution in [0.1, 0.15) is 11.4 Å². The van der Waals surface area contributed by atoms with E-state index < -0.39 is 0 Å². The Morgan fingerprint density at radius 3 is 3.08 bits per heavy atom. The molecule has 0 bridgehead atoms. The van der Waals surface area contributed by atoms with Crippen LogP contribution in [0.2, 0.25) is 0 Å². The summed E-state index contributed by atoms with van der Waals surface area (Å²) in [5.74, 6) is 0. The lowest BCUT2D eigenvalue weighted by Crippen LogP contribution is -2.04. The number of H-pyrrole nitrogens is 1. The molecule has 3 N–H and O–H groups in total. The Bertz CT molecular complexity index is 495. The van der Waals surface area contributed by atoms with E-state index in [1.807, 2.05) is 11.3 Å². The minimum absolute atomic E-state index is 0.00446. The Kier molecular flexibility index (Phi) is 1.70. The van der Waals surface area contributed by atoms with Gasteiger partial charge in [-0.3, -0.25) is 4.79 Å². The zero-order valence-electron chi connectivity index (χ0n) is 7.37. The van der Waals surface area contributed by atoms with Crippen LogP contribution in [-0.2, 0) is 6.54 Å². The molecule has 0 aromatic carbocycles. The van der Waals surface area contributed by atoms with Crippen LogP contribution >= 0.6 is 0 Å². The summed E-state index contributed by atoms with van der Waals surface area (Å²) >= 11 is 0. The number of rotatable bonds is 1. The van der Waals surface area contributed by atoms with Gasteiger partial charge in [-0.15, -0.1) is 0 Å². The number of hydrogen-bond donors (Lipinski definition) is 2. The number of nitrogens with two attached hydrogens (primary N) is 1. The summed E-state index contributed by atoms with van der Waals surface area (Å²) < 4.78 is 1.90. The summed E-state index contributed by atoms with van der Waals surface area (Å²) in [6.45, 7) is 2.41. The number of aromatic nitrogens is 2. The second-order valence-electron chi connectivity index (χ2n) is 3.02. The van der Waals surface area contributed by atoms with E-state index >= 15 is 0 Å². The van der Waals surface area contributed by atoms with Gasteiger partial charge < -0.3 is 15.1 Å². The van der Waals surface area contributed by atoms with Crippen molar-refractivity contribution in [3.05, 3.63) is 39.9 Å². The SMILES string of the molecule is Cc1[nH]c2cc(=O)ccn2c1CN. The fourth-order valence-corrected chi connectivity index (χ4v) is 1.51. The molecule has 0 atom stereocenters. The van der Waals surface area contributed by atoms with E-state index in [0.717, 1.165) is 17.0 Å². The molecule has 0 radical (unpaired) electrons. The average molecular weight is 177 g/mol. The molecule has 2 heterocycles. The molecule has 2 aromatic rings. The molecule has 0 aliphatic heterocycles. The first-order valence-electron chi connectivity index (χ1n) is 4.12. The third kappa shape index (κ3) is 1.15. The quantitative estimate of drug-likeness (QED) is 0.662. The van der Waals surface area contributed by atoms with Gasteiger partial charge in [0.1, 0.15) is 5.65 Å². The highest BCUT2D eigenvalue weighted by Crippen LogP contribution is 2.08. The molecule has 68 valence electrons. The Morgan fingerprint density at radius 2 is 2.38 bits per heavy atom. The standard InChI is InChI=1S/C9H11N3O/c1-6-8(5-10)12-3-2-7(13)4-9(12)11-6/h2-4,11H,5,10H2,1H3. The van der Waals surface area contributed by atoms with Gasteiger partial charge in [-0.25, -0.2) is 0 Å². The highest BCUT2D eigenvalue weighted by atomic mass is 16.1. The molecule has 0 aliphatic carbocycles. The monoisotopic (exact) mass is 177 g/mol. The number of fused-ring (bicyclic) bond motifs is 1. The molecule has 13 heavy (non-hydrogen) atoms. The van der Waals surface area contributed by atoms with E-state index in [-0.39, 0.29) is 5.43 Å². The minimum Gasteiger partial charge on any atom is -0.343 e. The largest absolute Gasteiger partial charge is 0.343 e. The first-order valence-corrected chi connectivity index (χ1v) is 4.12. The second-order valence-corrected chi connectivity index (χ2v) is 3.02. The Hall–Kier alpha value is -1.55. The molecule has 0 unspecified atom stereocenters. The van der Waals surface area contributed by atoms with Gasteiger partial charge >= 0.3 is 0 Å². The summed E-state index contributed by atoms with van der Waals surface area (Å²) in [5.41, 5.74) is 8.40. The maximum Gasteiger partial charge on any atom is 0.183 e. The molecule has 2 rings (SSSR count). The molecule has 4 heteroatoms.